The molecule has 1 fully saturated rings. The van der Waals surface area contributed by atoms with Crippen LogP contribution in [0.1, 0.15) is 12.8 Å². The minimum absolute atomic E-state index is 0.240. The maximum absolute atomic E-state index is 13.4. The van der Waals surface area contributed by atoms with Gasteiger partial charge in [-0.15, -0.1) is 0 Å². The van der Waals surface area contributed by atoms with E-state index in [0.717, 1.165) is 4.90 Å². The van der Waals surface area contributed by atoms with E-state index in [9.17, 15) is 36.2 Å². The predicted octanol–water partition coefficient (Wildman–Crippen LogP) is 3.03. The van der Waals surface area contributed by atoms with Crippen molar-refractivity contribution < 1.29 is 36.2 Å². The Labute approximate surface area is 126 Å². The predicted molar refractivity (Wildman–Crippen MR) is 67.1 cm³/mol. The molecule has 1 aromatic carbocycles. The zero-order valence-corrected chi connectivity index (χ0v) is 11.6. The molecule has 10 heteroatoms. The van der Waals surface area contributed by atoms with Crippen molar-refractivity contribution in [3.8, 4) is 0 Å². The second-order valence-corrected chi connectivity index (χ2v) is 5.19. The van der Waals surface area contributed by atoms with Crippen molar-refractivity contribution in [2.45, 2.75) is 24.6 Å². The van der Waals surface area contributed by atoms with Gasteiger partial charge in [-0.3, -0.25) is 0 Å². The van der Waals surface area contributed by atoms with Crippen molar-refractivity contribution in [1.82, 2.24) is 4.90 Å². The molecular weight excluding hydrogens is 330 g/mol. The number of carbonyl (C=O) groups is 1. The number of halogens is 6. The van der Waals surface area contributed by atoms with Gasteiger partial charge in [-0.05, 0) is 0 Å². The first-order valence-corrected chi connectivity index (χ1v) is 6.53. The molecule has 0 aliphatic carbocycles. The van der Waals surface area contributed by atoms with E-state index in [1.54, 1.807) is 0 Å². The van der Waals surface area contributed by atoms with Crippen LogP contribution in [0.4, 0.5) is 36.8 Å². The first-order chi connectivity index (χ1) is 10.5. The molecule has 0 spiro atoms. The summed E-state index contributed by atoms with van der Waals surface area (Å²) in [7, 11) is 0. The number of nitrogens with zero attached hydrogens (tertiary/aromatic N) is 1. The molecule has 2 N–H and O–H groups in total. The van der Waals surface area contributed by atoms with E-state index in [0.29, 0.717) is 6.07 Å². The van der Waals surface area contributed by atoms with Gasteiger partial charge in [0, 0.05) is 38.1 Å². The van der Waals surface area contributed by atoms with Gasteiger partial charge in [-0.2, -0.15) is 13.2 Å². The molecule has 0 saturated carbocycles. The Morgan fingerprint density at radius 3 is 2.13 bits per heavy atom. The van der Waals surface area contributed by atoms with Crippen LogP contribution in [0.3, 0.4) is 0 Å². The molecule has 2 rings (SSSR count). The van der Waals surface area contributed by atoms with Crippen molar-refractivity contribution >= 4 is 11.7 Å². The molecule has 0 unspecified atom stereocenters. The number of anilines is 1. The fraction of sp³-hybridized carbons (Fsp3) is 0.462. The first-order valence-electron chi connectivity index (χ1n) is 6.53. The van der Waals surface area contributed by atoms with E-state index in [2.05, 4.69) is 0 Å². The largest absolute Gasteiger partial charge is 0.417 e. The van der Waals surface area contributed by atoms with Crippen molar-refractivity contribution in [3.63, 3.8) is 0 Å². The van der Waals surface area contributed by atoms with Crippen LogP contribution >= 0.6 is 0 Å². The zero-order chi connectivity index (χ0) is 17.4. The van der Waals surface area contributed by atoms with Crippen LogP contribution in [-0.2, 0) is 0 Å². The molecule has 1 heterocycles. The number of hydrogen-bond acceptors (Lipinski definition) is 2. The number of piperidine rings is 1. The molecular formula is C13H12F6N2O2. The van der Waals surface area contributed by atoms with Crippen LogP contribution in [0.2, 0.25) is 0 Å². The summed E-state index contributed by atoms with van der Waals surface area (Å²) in [6, 6.07) is -0.304. The van der Waals surface area contributed by atoms with Crippen LogP contribution in [0, 0.1) is 17.5 Å². The van der Waals surface area contributed by atoms with Gasteiger partial charge in [0.1, 0.15) is 5.82 Å². The van der Waals surface area contributed by atoms with E-state index in [4.69, 9.17) is 0 Å². The quantitative estimate of drug-likeness (QED) is 0.609. The molecule has 1 aliphatic rings. The fourth-order valence-corrected chi connectivity index (χ4v) is 2.18. The topological polar surface area (TPSA) is 52.6 Å². The maximum atomic E-state index is 13.4. The summed E-state index contributed by atoms with van der Waals surface area (Å²) in [5.74, 6) is -4.04. The van der Waals surface area contributed by atoms with Crippen LogP contribution in [0.5, 0.6) is 0 Å². The van der Waals surface area contributed by atoms with Crippen LogP contribution in [0.25, 0.3) is 0 Å². The second kappa shape index (κ2) is 5.91. The third-order valence-corrected chi connectivity index (χ3v) is 3.66. The van der Waals surface area contributed by atoms with E-state index in [1.165, 1.54) is 0 Å². The summed E-state index contributed by atoms with van der Waals surface area (Å²) >= 11 is 0. The summed E-state index contributed by atoms with van der Waals surface area (Å²) < 4.78 is 77.1. The number of hydrogen-bond donors (Lipinski definition) is 2. The summed E-state index contributed by atoms with van der Waals surface area (Å²) in [6.45, 7) is -0.847. The Morgan fingerprint density at radius 1 is 1.09 bits per heavy atom. The highest BCUT2D eigenvalue weighted by molar-refractivity contribution is 5.89. The molecule has 0 radical (unpaired) electrons. The minimum atomic E-state index is -4.82. The minimum Gasteiger partial charge on any atom is -0.380 e. The SMILES string of the molecule is O=C(Nc1cc(F)c(F)cc1F)N1CCC(O)(C(F)(F)F)CC1. The molecule has 4 nitrogen and oxygen atoms in total. The highest BCUT2D eigenvalue weighted by atomic mass is 19.4. The van der Waals surface area contributed by atoms with E-state index in [-0.39, 0.29) is 6.07 Å². The lowest BCUT2D eigenvalue weighted by molar-refractivity contribution is -0.271. The fourth-order valence-electron chi connectivity index (χ4n) is 2.18. The second-order valence-electron chi connectivity index (χ2n) is 5.19. The van der Waals surface area contributed by atoms with Crippen LogP contribution in [0.15, 0.2) is 12.1 Å². The van der Waals surface area contributed by atoms with Gasteiger partial charge in [0.05, 0.1) is 5.69 Å². The van der Waals surface area contributed by atoms with E-state index < -0.39 is 66.9 Å². The summed E-state index contributed by atoms with van der Waals surface area (Å²) in [5, 5.41) is 11.4. The summed E-state index contributed by atoms with van der Waals surface area (Å²) in [4.78, 5) is 12.8. The van der Waals surface area contributed by atoms with Crippen molar-refractivity contribution in [1.29, 1.82) is 0 Å². The average Bonchev–Trinajstić information content (AvgIpc) is 2.44. The molecule has 1 aromatic rings. The number of alkyl halides is 3. The van der Waals surface area contributed by atoms with Crippen molar-refractivity contribution in [3.05, 3.63) is 29.6 Å². The molecule has 2 amide bonds. The maximum Gasteiger partial charge on any atom is 0.417 e. The lowest BCUT2D eigenvalue weighted by Crippen LogP contribution is -2.55. The Hall–Kier alpha value is -1.97. The molecule has 128 valence electrons. The van der Waals surface area contributed by atoms with Gasteiger partial charge in [0.25, 0.3) is 0 Å². The number of carbonyl (C=O) groups excluding carboxylic acids is 1. The van der Waals surface area contributed by atoms with Gasteiger partial charge < -0.3 is 15.3 Å². The van der Waals surface area contributed by atoms with Crippen LogP contribution in [-0.4, -0.2) is 40.9 Å². The van der Waals surface area contributed by atoms with Crippen LogP contribution < -0.4 is 5.32 Å². The number of nitrogens with one attached hydrogen (secondary N) is 1. The number of amides is 2. The highest BCUT2D eigenvalue weighted by Gasteiger charge is 2.54. The normalized spacial score (nSPS) is 18.0. The Kier molecular flexibility index (Phi) is 4.47. The van der Waals surface area contributed by atoms with Crippen molar-refractivity contribution in [2.24, 2.45) is 0 Å². The molecule has 0 bridgehead atoms. The average molecular weight is 342 g/mol. The Balaban J connectivity index is 2.03. The van der Waals surface area contributed by atoms with E-state index >= 15 is 0 Å². The monoisotopic (exact) mass is 342 g/mol. The molecule has 0 aromatic heterocycles. The van der Waals surface area contributed by atoms with Gasteiger partial charge in [-0.1, -0.05) is 0 Å². The number of rotatable bonds is 1. The van der Waals surface area contributed by atoms with Gasteiger partial charge >= 0.3 is 12.2 Å². The smallest absolute Gasteiger partial charge is 0.380 e. The standard InChI is InChI=1S/C13H12F6N2O2/c14-7-5-9(16)10(6-8(7)15)20-11(22)21-3-1-12(23,2-4-21)13(17,18)19/h5-6,23H,1-4H2,(H,20,22). The number of likely N-dealkylation sites (tertiary alicyclic amines) is 1. The lowest BCUT2D eigenvalue weighted by atomic mass is 9.91. The van der Waals surface area contributed by atoms with Crippen molar-refractivity contribution in [2.75, 3.05) is 18.4 Å². The summed E-state index contributed by atoms with van der Waals surface area (Å²) in [6.07, 6.45) is -6.28. The number of benzene rings is 1. The molecule has 1 saturated heterocycles. The molecule has 23 heavy (non-hydrogen) atoms. The third kappa shape index (κ3) is 3.52. The van der Waals surface area contributed by atoms with E-state index in [1.807, 2.05) is 5.32 Å². The Bertz CT molecular complexity index is 611. The van der Waals surface area contributed by atoms with Gasteiger partial charge in [-0.25, -0.2) is 18.0 Å². The van der Waals surface area contributed by atoms with Gasteiger partial charge in [0.15, 0.2) is 17.2 Å². The lowest BCUT2D eigenvalue weighted by Gasteiger charge is -2.38. The number of urea groups is 1. The van der Waals surface area contributed by atoms with Gasteiger partial charge in [0.2, 0.25) is 0 Å². The highest BCUT2D eigenvalue weighted by Crippen LogP contribution is 2.38. The molecule has 0 atom stereocenters. The summed E-state index contributed by atoms with van der Waals surface area (Å²) in [5.41, 5.74) is -3.51. The number of aliphatic hydroxyl groups is 1. The third-order valence-electron chi connectivity index (χ3n) is 3.66. The first kappa shape index (κ1) is 17.4. The zero-order valence-electron chi connectivity index (χ0n) is 11.6. The molecule has 1 aliphatic heterocycles. The Morgan fingerprint density at radius 2 is 1.61 bits per heavy atom.